The van der Waals surface area contributed by atoms with Crippen molar-refractivity contribution in [2.24, 2.45) is 15.5 Å². The van der Waals surface area contributed by atoms with Crippen molar-refractivity contribution in [2.75, 3.05) is 0 Å². The molecule has 0 aromatic heterocycles. The molecule has 0 radical (unpaired) electrons. The molecule has 2 N–H and O–H groups in total. The molecule has 0 atom stereocenters. The third-order valence-electron chi connectivity index (χ3n) is 1.97. The van der Waals surface area contributed by atoms with E-state index >= 15 is 0 Å². The van der Waals surface area contributed by atoms with E-state index < -0.39 is 0 Å². The molecular formula is C9H15N3O3. The molecule has 0 heterocycles. The first-order valence-electron chi connectivity index (χ1n) is 4.85. The Hall–Kier alpha value is -1.59. The van der Waals surface area contributed by atoms with Crippen LogP contribution < -0.4 is 0 Å². The van der Waals surface area contributed by atoms with Crippen LogP contribution in [0, 0.1) is 0 Å². The van der Waals surface area contributed by atoms with Gasteiger partial charge in [-0.15, -0.1) is 0 Å². The fraction of sp³-hybridized carbons (Fsp3) is 0.667. The normalized spacial score (nSPS) is 25.4. The SMILES string of the molecule is CC(C)ON=C1CCCC(=NO)C1=NO. The van der Waals surface area contributed by atoms with Gasteiger partial charge in [0.2, 0.25) is 0 Å². The Kier molecular flexibility index (Phi) is 4.08. The maximum Gasteiger partial charge on any atom is 0.152 e. The van der Waals surface area contributed by atoms with Crippen molar-refractivity contribution >= 4 is 17.1 Å². The summed E-state index contributed by atoms with van der Waals surface area (Å²) < 4.78 is 0. The van der Waals surface area contributed by atoms with E-state index in [2.05, 4.69) is 15.5 Å². The number of hydrogen-bond acceptors (Lipinski definition) is 6. The molecular weight excluding hydrogens is 198 g/mol. The van der Waals surface area contributed by atoms with E-state index in [1.165, 1.54) is 0 Å². The summed E-state index contributed by atoms with van der Waals surface area (Å²) in [4.78, 5) is 5.07. The summed E-state index contributed by atoms with van der Waals surface area (Å²) in [5, 5.41) is 27.5. The number of nitrogens with zero attached hydrogens (tertiary/aromatic N) is 3. The predicted octanol–water partition coefficient (Wildman–Crippen LogP) is 1.61. The maximum absolute atomic E-state index is 8.79. The minimum Gasteiger partial charge on any atom is -0.411 e. The molecule has 15 heavy (non-hydrogen) atoms. The molecule has 1 aliphatic carbocycles. The molecule has 6 heteroatoms. The maximum atomic E-state index is 8.79. The van der Waals surface area contributed by atoms with Crippen molar-refractivity contribution < 1.29 is 15.3 Å². The van der Waals surface area contributed by atoms with Gasteiger partial charge in [0.15, 0.2) is 5.71 Å². The van der Waals surface area contributed by atoms with Gasteiger partial charge in [-0.05, 0) is 33.1 Å². The molecule has 1 aliphatic rings. The van der Waals surface area contributed by atoms with Gasteiger partial charge in [-0.2, -0.15) is 0 Å². The Morgan fingerprint density at radius 1 is 1.13 bits per heavy atom. The Bertz CT molecular complexity index is 308. The Morgan fingerprint density at radius 2 is 1.80 bits per heavy atom. The molecule has 0 aromatic carbocycles. The van der Waals surface area contributed by atoms with E-state index in [-0.39, 0.29) is 11.8 Å². The molecule has 0 unspecified atom stereocenters. The summed E-state index contributed by atoms with van der Waals surface area (Å²) >= 11 is 0. The smallest absolute Gasteiger partial charge is 0.152 e. The predicted molar refractivity (Wildman–Crippen MR) is 56.0 cm³/mol. The Morgan fingerprint density at radius 3 is 2.33 bits per heavy atom. The average Bonchev–Trinajstić information content (AvgIpc) is 2.25. The average molecular weight is 213 g/mol. The largest absolute Gasteiger partial charge is 0.411 e. The van der Waals surface area contributed by atoms with Crippen LogP contribution in [-0.4, -0.2) is 33.7 Å². The zero-order chi connectivity index (χ0) is 11.3. The molecule has 1 rings (SSSR count). The lowest BCUT2D eigenvalue weighted by atomic mass is 9.94. The van der Waals surface area contributed by atoms with Crippen LogP contribution >= 0.6 is 0 Å². The van der Waals surface area contributed by atoms with Crippen LogP contribution in [0.15, 0.2) is 15.5 Å². The van der Waals surface area contributed by atoms with Gasteiger partial charge in [0, 0.05) is 0 Å². The molecule has 0 spiro atoms. The quantitative estimate of drug-likeness (QED) is 0.539. The van der Waals surface area contributed by atoms with Crippen molar-refractivity contribution in [2.45, 2.75) is 39.2 Å². The zero-order valence-electron chi connectivity index (χ0n) is 8.84. The molecule has 0 saturated heterocycles. The number of hydrogen-bond donors (Lipinski definition) is 2. The third-order valence-corrected chi connectivity index (χ3v) is 1.97. The van der Waals surface area contributed by atoms with Crippen LogP contribution in [0.25, 0.3) is 0 Å². The van der Waals surface area contributed by atoms with Gasteiger partial charge in [0.25, 0.3) is 0 Å². The van der Waals surface area contributed by atoms with Gasteiger partial charge in [-0.25, -0.2) is 0 Å². The highest BCUT2D eigenvalue weighted by molar-refractivity contribution is 6.69. The first-order chi connectivity index (χ1) is 7.19. The van der Waals surface area contributed by atoms with Gasteiger partial charge in [-0.1, -0.05) is 15.5 Å². The fourth-order valence-electron chi connectivity index (χ4n) is 1.30. The summed E-state index contributed by atoms with van der Waals surface area (Å²) in [6, 6.07) is 0. The van der Waals surface area contributed by atoms with Gasteiger partial charge < -0.3 is 15.3 Å². The first-order valence-corrected chi connectivity index (χ1v) is 4.85. The van der Waals surface area contributed by atoms with Crippen molar-refractivity contribution in [3.63, 3.8) is 0 Å². The molecule has 84 valence electrons. The Labute approximate surface area is 87.9 Å². The molecule has 0 bridgehead atoms. The van der Waals surface area contributed by atoms with Crippen LogP contribution in [0.3, 0.4) is 0 Å². The van der Waals surface area contributed by atoms with E-state index in [0.29, 0.717) is 24.3 Å². The number of oxime groups is 3. The van der Waals surface area contributed by atoms with Gasteiger partial charge >= 0.3 is 0 Å². The highest BCUT2D eigenvalue weighted by atomic mass is 16.6. The summed E-state index contributed by atoms with van der Waals surface area (Å²) in [6.07, 6.45) is 2.01. The molecule has 1 fully saturated rings. The minimum atomic E-state index is -0.0334. The molecule has 0 aromatic rings. The second-order valence-corrected chi connectivity index (χ2v) is 3.54. The van der Waals surface area contributed by atoms with E-state index in [9.17, 15) is 0 Å². The van der Waals surface area contributed by atoms with Gasteiger partial charge in [0.05, 0.1) is 0 Å². The summed E-state index contributed by atoms with van der Waals surface area (Å²) in [5.74, 6) is 0. The molecule has 6 nitrogen and oxygen atoms in total. The summed E-state index contributed by atoms with van der Waals surface area (Å²) in [6.45, 7) is 3.70. The first kappa shape index (κ1) is 11.5. The molecule has 1 saturated carbocycles. The van der Waals surface area contributed by atoms with Crippen molar-refractivity contribution in [1.82, 2.24) is 0 Å². The van der Waals surface area contributed by atoms with Gasteiger partial charge in [0.1, 0.15) is 17.5 Å². The molecule has 0 amide bonds. The number of rotatable bonds is 2. The van der Waals surface area contributed by atoms with Crippen molar-refractivity contribution in [1.29, 1.82) is 0 Å². The lowest BCUT2D eigenvalue weighted by molar-refractivity contribution is 0.0859. The highest BCUT2D eigenvalue weighted by Crippen LogP contribution is 2.12. The van der Waals surface area contributed by atoms with Crippen LogP contribution in [0.2, 0.25) is 0 Å². The van der Waals surface area contributed by atoms with Crippen molar-refractivity contribution in [3.8, 4) is 0 Å². The summed E-state index contributed by atoms with van der Waals surface area (Å²) in [7, 11) is 0. The lowest BCUT2D eigenvalue weighted by Gasteiger charge is -2.15. The van der Waals surface area contributed by atoms with E-state index in [4.69, 9.17) is 15.3 Å². The highest BCUT2D eigenvalue weighted by Gasteiger charge is 2.23. The molecule has 0 aliphatic heterocycles. The topological polar surface area (TPSA) is 86.8 Å². The van der Waals surface area contributed by atoms with Crippen LogP contribution in [0.4, 0.5) is 0 Å². The standard InChI is InChI=1S/C9H15N3O3/c1-6(2)15-12-8-5-3-4-7(10-13)9(8)11-14/h6,13-14H,3-5H2,1-2H3. The Balaban J connectivity index is 2.83. The second-order valence-electron chi connectivity index (χ2n) is 3.54. The monoisotopic (exact) mass is 213 g/mol. The summed E-state index contributed by atoms with van der Waals surface area (Å²) in [5.41, 5.74) is 1.07. The van der Waals surface area contributed by atoms with Crippen LogP contribution in [-0.2, 0) is 4.84 Å². The zero-order valence-corrected chi connectivity index (χ0v) is 8.84. The minimum absolute atomic E-state index is 0.0334. The van der Waals surface area contributed by atoms with E-state index in [1.54, 1.807) is 0 Å². The fourth-order valence-corrected chi connectivity index (χ4v) is 1.30. The second kappa shape index (κ2) is 5.33. The van der Waals surface area contributed by atoms with Crippen molar-refractivity contribution in [3.05, 3.63) is 0 Å². The third kappa shape index (κ3) is 2.93. The lowest BCUT2D eigenvalue weighted by Crippen LogP contribution is -2.29. The van der Waals surface area contributed by atoms with Crippen LogP contribution in [0.1, 0.15) is 33.1 Å². The van der Waals surface area contributed by atoms with Crippen LogP contribution in [0.5, 0.6) is 0 Å². The van der Waals surface area contributed by atoms with E-state index in [1.807, 2.05) is 13.8 Å². The van der Waals surface area contributed by atoms with E-state index in [0.717, 1.165) is 6.42 Å². The van der Waals surface area contributed by atoms with Gasteiger partial charge in [-0.3, -0.25) is 0 Å².